The van der Waals surface area contributed by atoms with Gasteiger partial charge in [-0.3, -0.25) is 0 Å². The van der Waals surface area contributed by atoms with Crippen LogP contribution < -0.4 is 14.2 Å². The fourth-order valence-corrected chi connectivity index (χ4v) is 3.87. The van der Waals surface area contributed by atoms with Crippen LogP contribution >= 0.6 is 0 Å². The Morgan fingerprint density at radius 2 is 1.61 bits per heavy atom. The first-order valence-electron chi connectivity index (χ1n) is 10.4. The second kappa shape index (κ2) is 9.13. The molecule has 0 fully saturated rings. The van der Waals surface area contributed by atoms with E-state index in [0.717, 1.165) is 52.6 Å². The topological polar surface area (TPSA) is 45.5 Å². The quantitative estimate of drug-likeness (QED) is 0.381. The van der Waals surface area contributed by atoms with Crippen molar-refractivity contribution in [2.24, 2.45) is 0 Å². The largest absolute Gasteiger partial charge is 0.493 e. The molecule has 0 saturated carbocycles. The van der Waals surface area contributed by atoms with Gasteiger partial charge < -0.3 is 18.8 Å². The molecule has 0 atom stereocenters. The van der Waals surface area contributed by atoms with Gasteiger partial charge in [-0.2, -0.15) is 0 Å². The summed E-state index contributed by atoms with van der Waals surface area (Å²) >= 11 is 0. The monoisotopic (exact) mass is 416 g/mol. The predicted octanol–water partition coefficient (Wildman–Crippen LogP) is 5.49. The number of rotatable bonds is 8. The van der Waals surface area contributed by atoms with Crippen molar-refractivity contribution in [1.82, 2.24) is 9.55 Å². The minimum atomic E-state index is 0.421. The molecule has 0 bridgehead atoms. The molecule has 0 spiro atoms. The molecular formula is C26H28N2O3. The maximum atomic E-state index is 6.15. The predicted molar refractivity (Wildman–Crippen MR) is 123 cm³/mol. The highest BCUT2D eigenvalue weighted by molar-refractivity contribution is 5.75. The van der Waals surface area contributed by atoms with Gasteiger partial charge in [-0.15, -0.1) is 0 Å². The van der Waals surface area contributed by atoms with Gasteiger partial charge in [-0.05, 0) is 61.7 Å². The average molecular weight is 417 g/mol. The van der Waals surface area contributed by atoms with E-state index in [4.69, 9.17) is 19.2 Å². The Hall–Kier alpha value is -3.47. The molecule has 1 heterocycles. The first-order chi connectivity index (χ1) is 15.1. The molecule has 0 radical (unpaired) electrons. The van der Waals surface area contributed by atoms with E-state index in [2.05, 4.69) is 42.7 Å². The molecule has 5 heteroatoms. The third-order valence-corrected chi connectivity index (χ3v) is 5.49. The van der Waals surface area contributed by atoms with Gasteiger partial charge in [0.15, 0.2) is 11.5 Å². The fraction of sp³-hybridized carbons (Fsp3) is 0.269. The normalized spacial score (nSPS) is 11.0. The van der Waals surface area contributed by atoms with Crippen molar-refractivity contribution in [3.05, 3.63) is 83.2 Å². The third kappa shape index (κ3) is 4.50. The number of para-hydroxylation sites is 2. The molecule has 0 unspecified atom stereocenters. The highest BCUT2D eigenvalue weighted by Gasteiger charge is 2.13. The summed E-state index contributed by atoms with van der Waals surface area (Å²) in [5.41, 5.74) is 5.63. The summed E-state index contributed by atoms with van der Waals surface area (Å²) in [7, 11) is 3.31. The van der Waals surface area contributed by atoms with E-state index in [1.807, 2.05) is 36.4 Å². The number of aryl methyl sites for hydroxylation is 4. The molecular weight excluding hydrogens is 388 g/mol. The molecule has 0 aliphatic heterocycles. The maximum Gasteiger partial charge on any atom is 0.160 e. The van der Waals surface area contributed by atoms with Crippen molar-refractivity contribution < 1.29 is 14.2 Å². The molecule has 0 saturated heterocycles. The number of fused-ring (bicyclic) bond motifs is 1. The van der Waals surface area contributed by atoms with Crippen LogP contribution in [0.1, 0.15) is 22.5 Å². The van der Waals surface area contributed by atoms with Gasteiger partial charge >= 0.3 is 0 Å². The molecule has 0 aliphatic rings. The lowest BCUT2D eigenvalue weighted by Crippen LogP contribution is -2.09. The summed E-state index contributed by atoms with van der Waals surface area (Å²) in [5, 5.41) is 0. The summed E-state index contributed by atoms with van der Waals surface area (Å²) < 4.78 is 19.2. The lowest BCUT2D eigenvalue weighted by Gasteiger charge is -2.13. The molecule has 4 rings (SSSR count). The number of hydrogen-bond acceptors (Lipinski definition) is 4. The first kappa shape index (κ1) is 20.8. The van der Waals surface area contributed by atoms with E-state index in [1.54, 1.807) is 14.2 Å². The first-order valence-corrected chi connectivity index (χ1v) is 10.4. The highest BCUT2D eigenvalue weighted by atomic mass is 16.5. The van der Waals surface area contributed by atoms with E-state index in [-0.39, 0.29) is 0 Å². The zero-order chi connectivity index (χ0) is 21.8. The lowest BCUT2D eigenvalue weighted by atomic mass is 10.1. The summed E-state index contributed by atoms with van der Waals surface area (Å²) in [6.45, 7) is 5.37. The van der Waals surface area contributed by atoms with Crippen LogP contribution in [0.4, 0.5) is 0 Å². The Morgan fingerprint density at radius 1 is 0.839 bits per heavy atom. The van der Waals surface area contributed by atoms with Crippen molar-refractivity contribution in [3.8, 4) is 17.2 Å². The van der Waals surface area contributed by atoms with Crippen molar-refractivity contribution in [1.29, 1.82) is 0 Å². The van der Waals surface area contributed by atoms with Crippen LogP contribution in [0.15, 0.2) is 60.7 Å². The maximum absolute atomic E-state index is 6.15. The molecule has 0 amide bonds. The number of methoxy groups -OCH3 is 2. The van der Waals surface area contributed by atoms with Gasteiger partial charge in [-0.1, -0.05) is 35.9 Å². The fourth-order valence-electron chi connectivity index (χ4n) is 3.87. The smallest absolute Gasteiger partial charge is 0.160 e. The second-order valence-electron chi connectivity index (χ2n) is 7.67. The van der Waals surface area contributed by atoms with E-state index in [1.165, 1.54) is 11.1 Å². The Balaban J connectivity index is 1.58. The molecule has 4 aromatic rings. The average Bonchev–Trinajstić information content (AvgIpc) is 3.14. The number of nitrogens with zero attached hydrogens (tertiary/aromatic N) is 2. The number of imidazole rings is 1. The molecule has 31 heavy (non-hydrogen) atoms. The second-order valence-corrected chi connectivity index (χ2v) is 7.67. The standard InChI is InChI=1S/C26H28N2O3/c1-18-9-11-23(19(2)15-18)31-17-26-27-21-7-5-6-8-22(21)28(26)14-13-20-10-12-24(29-3)25(16-20)30-4/h5-12,15-16H,13-14,17H2,1-4H3. The molecule has 160 valence electrons. The summed E-state index contributed by atoms with van der Waals surface area (Å²) in [6.07, 6.45) is 0.845. The van der Waals surface area contributed by atoms with E-state index < -0.39 is 0 Å². The molecule has 5 nitrogen and oxygen atoms in total. The zero-order valence-electron chi connectivity index (χ0n) is 18.5. The van der Waals surface area contributed by atoms with Crippen molar-refractivity contribution in [3.63, 3.8) is 0 Å². The van der Waals surface area contributed by atoms with Gasteiger partial charge in [-0.25, -0.2) is 4.98 Å². The van der Waals surface area contributed by atoms with Crippen molar-refractivity contribution >= 4 is 11.0 Å². The van der Waals surface area contributed by atoms with Crippen LogP contribution in [-0.4, -0.2) is 23.8 Å². The van der Waals surface area contributed by atoms with Gasteiger partial charge in [0.1, 0.15) is 18.2 Å². The summed E-state index contributed by atoms with van der Waals surface area (Å²) in [5.74, 6) is 3.29. The SMILES string of the molecule is COc1ccc(CCn2c(COc3ccc(C)cc3C)nc3ccccc32)cc1OC. The molecule has 0 N–H and O–H groups in total. The number of ether oxygens (including phenoxy) is 3. The van der Waals surface area contributed by atoms with Crippen molar-refractivity contribution in [2.75, 3.05) is 14.2 Å². The molecule has 0 aliphatic carbocycles. The summed E-state index contributed by atoms with van der Waals surface area (Å²) in [6, 6.07) is 20.5. The van der Waals surface area contributed by atoms with Crippen LogP contribution in [0.3, 0.4) is 0 Å². The van der Waals surface area contributed by atoms with Gasteiger partial charge in [0.2, 0.25) is 0 Å². The number of benzene rings is 3. The lowest BCUT2D eigenvalue weighted by molar-refractivity contribution is 0.288. The Kier molecular flexibility index (Phi) is 6.12. The van der Waals surface area contributed by atoms with Crippen LogP contribution in [0.5, 0.6) is 17.2 Å². The Morgan fingerprint density at radius 3 is 2.39 bits per heavy atom. The number of hydrogen-bond donors (Lipinski definition) is 0. The minimum Gasteiger partial charge on any atom is -0.493 e. The van der Waals surface area contributed by atoms with Gasteiger partial charge in [0, 0.05) is 6.54 Å². The van der Waals surface area contributed by atoms with Gasteiger partial charge in [0.05, 0.1) is 25.3 Å². The Labute approximate surface area is 183 Å². The molecule has 1 aromatic heterocycles. The number of aromatic nitrogens is 2. The Bertz CT molecular complexity index is 1200. The zero-order valence-corrected chi connectivity index (χ0v) is 18.5. The van der Waals surface area contributed by atoms with Crippen LogP contribution in [0.25, 0.3) is 11.0 Å². The van der Waals surface area contributed by atoms with Crippen LogP contribution in [-0.2, 0) is 19.6 Å². The molecule has 3 aromatic carbocycles. The third-order valence-electron chi connectivity index (χ3n) is 5.49. The van der Waals surface area contributed by atoms with Crippen LogP contribution in [0, 0.1) is 13.8 Å². The van der Waals surface area contributed by atoms with E-state index >= 15 is 0 Å². The van der Waals surface area contributed by atoms with Gasteiger partial charge in [0.25, 0.3) is 0 Å². The minimum absolute atomic E-state index is 0.421. The van der Waals surface area contributed by atoms with E-state index in [9.17, 15) is 0 Å². The summed E-state index contributed by atoms with van der Waals surface area (Å²) in [4.78, 5) is 4.84. The highest BCUT2D eigenvalue weighted by Crippen LogP contribution is 2.28. The van der Waals surface area contributed by atoms with E-state index in [0.29, 0.717) is 6.61 Å². The van der Waals surface area contributed by atoms with Crippen molar-refractivity contribution in [2.45, 2.75) is 33.4 Å². The van der Waals surface area contributed by atoms with Crippen LogP contribution in [0.2, 0.25) is 0 Å².